The summed E-state index contributed by atoms with van der Waals surface area (Å²) in [5.74, 6) is 1.19. The fourth-order valence-electron chi connectivity index (χ4n) is 2.58. The van der Waals surface area contributed by atoms with Gasteiger partial charge < -0.3 is 4.74 Å². The molecule has 2 aromatic carbocycles. The molecule has 2 aromatic heterocycles. The minimum absolute atomic E-state index is 0.442. The highest BCUT2D eigenvalue weighted by atomic mass is 16.5. The quantitative estimate of drug-likeness (QED) is 0.538. The largest absolute Gasteiger partial charge is 0.436 e. The van der Waals surface area contributed by atoms with Crippen LogP contribution in [0.25, 0.3) is 16.7 Å². The van der Waals surface area contributed by atoms with Crippen LogP contribution >= 0.6 is 0 Å². The Morgan fingerprint density at radius 1 is 1.09 bits per heavy atom. The van der Waals surface area contributed by atoms with Crippen LogP contribution in [-0.2, 0) is 6.42 Å². The molecule has 2 heterocycles. The Morgan fingerprint density at radius 2 is 1.91 bits per heavy atom. The Balaban J connectivity index is 1.88. The number of rotatable bonds is 4. The van der Waals surface area contributed by atoms with Gasteiger partial charge in [0.25, 0.3) is 5.88 Å². The van der Waals surface area contributed by atoms with E-state index >= 15 is 0 Å². The molecule has 0 N–H and O–H groups in total. The molecular weight excluding hydrogens is 288 g/mol. The van der Waals surface area contributed by atoms with E-state index in [1.54, 1.807) is 6.33 Å². The zero-order valence-corrected chi connectivity index (χ0v) is 12.4. The van der Waals surface area contributed by atoms with Crippen molar-refractivity contribution < 1.29 is 4.74 Å². The van der Waals surface area contributed by atoms with E-state index in [4.69, 9.17) is 4.74 Å². The van der Waals surface area contributed by atoms with Crippen LogP contribution in [0.4, 0.5) is 0 Å². The highest BCUT2D eigenvalue weighted by Gasteiger charge is 2.13. The van der Waals surface area contributed by atoms with Gasteiger partial charge in [-0.3, -0.25) is 4.40 Å². The van der Waals surface area contributed by atoms with Crippen LogP contribution in [0.15, 0.2) is 67.5 Å². The molecule has 4 aromatic rings. The van der Waals surface area contributed by atoms with Crippen molar-refractivity contribution in [2.45, 2.75) is 6.42 Å². The summed E-state index contributed by atoms with van der Waals surface area (Å²) in [6.45, 7) is 3.79. The van der Waals surface area contributed by atoms with Gasteiger partial charge in [0.1, 0.15) is 12.1 Å². The first-order chi connectivity index (χ1) is 11.4. The van der Waals surface area contributed by atoms with Gasteiger partial charge >= 0.3 is 0 Å². The van der Waals surface area contributed by atoms with Gasteiger partial charge in [-0.25, -0.2) is 4.98 Å². The molecule has 0 amide bonds. The molecule has 0 spiro atoms. The molecule has 112 valence electrons. The predicted molar refractivity (Wildman–Crippen MR) is 88.7 cm³/mol. The van der Waals surface area contributed by atoms with Crippen LogP contribution in [0.2, 0.25) is 0 Å². The standard InChI is InChI=1S/C18H14N4O/c1-2-7-13-8-3-6-11-16(13)23-18-17-21-19-12-22(17)15-10-5-4-9-14(15)20-18/h2-6,8-12H,1,7H2. The third-order valence-corrected chi connectivity index (χ3v) is 3.65. The van der Waals surface area contributed by atoms with Gasteiger partial charge in [0.05, 0.1) is 11.0 Å². The van der Waals surface area contributed by atoms with E-state index in [9.17, 15) is 0 Å². The van der Waals surface area contributed by atoms with E-state index in [-0.39, 0.29) is 0 Å². The van der Waals surface area contributed by atoms with Gasteiger partial charge in [-0.2, -0.15) is 0 Å². The number of hydrogen-bond acceptors (Lipinski definition) is 4. The first-order valence-electron chi connectivity index (χ1n) is 7.32. The van der Waals surface area contributed by atoms with Crippen molar-refractivity contribution in [3.05, 3.63) is 73.1 Å². The van der Waals surface area contributed by atoms with Gasteiger partial charge in [0, 0.05) is 0 Å². The lowest BCUT2D eigenvalue weighted by Crippen LogP contribution is -1.98. The lowest BCUT2D eigenvalue weighted by Gasteiger charge is -2.11. The fourth-order valence-corrected chi connectivity index (χ4v) is 2.58. The van der Waals surface area contributed by atoms with Crippen molar-refractivity contribution in [1.29, 1.82) is 0 Å². The minimum Gasteiger partial charge on any atom is -0.436 e. The van der Waals surface area contributed by atoms with E-state index < -0.39 is 0 Å². The van der Waals surface area contributed by atoms with E-state index in [2.05, 4.69) is 21.8 Å². The average molecular weight is 302 g/mol. The van der Waals surface area contributed by atoms with Gasteiger partial charge in [0.15, 0.2) is 0 Å². The number of allylic oxidation sites excluding steroid dienone is 1. The summed E-state index contributed by atoms with van der Waals surface area (Å²) >= 11 is 0. The SMILES string of the molecule is C=CCc1ccccc1Oc1nc2ccccc2n2cnnc12. The van der Waals surface area contributed by atoms with Crippen molar-refractivity contribution in [2.75, 3.05) is 0 Å². The Hall–Kier alpha value is -3.21. The first kappa shape index (κ1) is 13.5. The Bertz CT molecular complexity index is 1010. The molecule has 0 aliphatic rings. The monoisotopic (exact) mass is 302 g/mol. The number of ether oxygens (including phenoxy) is 1. The zero-order chi connectivity index (χ0) is 15.6. The molecule has 23 heavy (non-hydrogen) atoms. The lowest BCUT2D eigenvalue weighted by atomic mass is 10.1. The molecule has 0 atom stereocenters. The summed E-state index contributed by atoms with van der Waals surface area (Å²) in [4.78, 5) is 4.60. The number of benzene rings is 2. The molecule has 0 aliphatic carbocycles. The second-order valence-electron chi connectivity index (χ2n) is 5.13. The van der Waals surface area contributed by atoms with Gasteiger partial charge in [-0.05, 0) is 30.2 Å². The molecular formula is C18H14N4O. The number of aromatic nitrogens is 4. The molecule has 0 saturated carbocycles. The third-order valence-electron chi connectivity index (χ3n) is 3.65. The smallest absolute Gasteiger partial charge is 0.266 e. The van der Waals surface area contributed by atoms with Gasteiger partial charge in [-0.15, -0.1) is 16.8 Å². The van der Waals surface area contributed by atoms with Crippen LogP contribution < -0.4 is 4.74 Å². The maximum atomic E-state index is 6.06. The Labute approximate surface area is 132 Å². The van der Waals surface area contributed by atoms with Gasteiger partial charge in [-0.1, -0.05) is 36.4 Å². The van der Waals surface area contributed by atoms with Crippen LogP contribution in [-0.4, -0.2) is 19.6 Å². The molecule has 0 aliphatic heterocycles. The summed E-state index contributed by atoms with van der Waals surface area (Å²) in [6.07, 6.45) is 4.25. The van der Waals surface area contributed by atoms with Crippen molar-refractivity contribution >= 4 is 16.7 Å². The van der Waals surface area contributed by atoms with Crippen molar-refractivity contribution in [3.8, 4) is 11.6 Å². The number of para-hydroxylation sites is 3. The van der Waals surface area contributed by atoms with Gasteiger partial charge in [0.2, 0.25) is 5.65 Å². The van der Waals surface area contributed by atoms with Crippen molar-refractivity contribution in [3.63, 3.8) is 0 Å². The summed E-state index contributed by atoms with van der Waals surface area (Å²) in [5.41, 5.74) is 3.42. The normalized spacial score (nSPS) is 11.0. The number of hydrogen-bond donors (Lipinski definition) is 0. The highest BCUT2D eigenvalue weighted by molar-refractivity contribution is 5.79. The van der Waals surface area contributed by atoms with E-state index in [0.29, 0.717) is 11.5 Å². The molecule has 5 heteroatoms. The first-order valence-corrected chi connectivity index (χ1v) is 7.32. The molecule has 0 saturated heterocycles. The molecule has 0 unspecified atom stereocenters. The highest BCUT2D eigenvalue weighted by Crippen LogP contribution is 2.29. The fraction of sp³-hybridized carbons (Fsp3) is 0.0556. The Kier molecular flexibility index (Phi) is 3.24. The van der Waals surface area contributed by atoms with Crippen molar-refractivity contribution in [2.24, 2.45) is 0 Å². The summed E-state index contributed by atoms with van der Waals surface area (Å²) in [7, 11) is 0. The van der Waals surface area contributed by atoms with Crippen molar-refractivity contribution in [1.82, 2.24) is 19.6 Å². The van der Waals surface area contributed by atoms with Crippen LogP contribution in [0, 0.1) is 0 Å². The van der Waals surface area contributed by atoms with E-state index in [0.717, 1.165) is 28.8 Å². The summed E-state index contributed by atoms with van der Waals surface area (Å²) in [5, 5.41) is 8.14. The topological polar surface area (TPSA) is 52.3 Å². The number of nitrogens with zero attached hydrogens (tertiary/aromatic N) is 4. The molecule has 4 rings (SSSR count). The molecule has 5 nitrogen and oxygen atoms in total. The molecule has 0 radical (unpaired) electrons. The van der Waals surface area contributed by atoms with Crippen LogP contribution in [0.1, 0.15) is 5.56 Å². The summed E-state index contributed by atoms with van der Waals surface area (Å²) < 4.78 is 7.94. The zero-order valence-electron chi connectivity index (χ0n) is 12.4. The lowest BCUT2D eigenvalue weighted by molar-refractivity contribution is 0.462. The van der Waals surface area contributed by atoms with E-state index in [1.807, 2.05) is 59.0 Å². The van der Waals surface area contributed by atoms with E-state index in [1.165, 1.54) is 0 Å². The molecule has 0 bridgehead atoms. The van der Waals surface area contributed by atoms with Crippen LogP contribution in [0.3, 0.4) is 0 Å². The summed E-state index contributed by atoms with van der Waals surface area (Å²) in [6, 6.07) is 15.7. The average Bonchev–Trinajstić information content (AvgIpc) is 3.07. The van der Waals surface area contributed by atoms with Crippen LogP contribution in [0.5, 0.6) is 11.6 Å². The Morgan fingerprint density at radius 3 is 2.83 bits per heavy atom. The third kappa shape index (κ3) is 2.32. The predicted octanol–water partition coefficient (Wildman–Crippen LogP) is 3.80. The minimum atomic E-state index is 0.442. The number of fused-ring (bicyclic) bond motifs is 3. The maximum absolute atomic E-state index is 6.06. The maximum Gasteiger partial charge on any atom is 0.266 e. The second-order valence-corrected chi connectivity index (χ2v) is 5.13. The second kappa shape index (κ2) is 5.53. The molecule has 0 fully saturated rings.